The van der Waals surface area contributed by atoms with Crippen LogP contribution in [0.4, 0.5) is 0 Å². The molecule has 1 N–H and O–H groups in total. The van der Waals surface area contributed by atoms with E-state index >= 15 is 0 Å². The normalized spacial score (nSPS) is 12.0. The predicted octanol–water partition coefficient (Wildman–Crippen LogP) is 3.74. The molecule has 5 nitrogen and oxygen atoms in total. The Bertz CT molecular complexity index is 524. The zero-order chi connectivity index (χ0) is 19.2. The van der Waals surface area contributed by atoms with Gasteiger partial charge in [0.15, 0.2) is 0 Å². The molecule has 0 radical (unpaired) electrons. The predicted molar refractivity (Wildman–Crippen MR) is 103 cm³/mol. The van der Waals surface area contributed by atoms with Gasteiger partial charge in [0.2, 0.25) is 6.29 Å². The van der Waals surface area contributed by atoms with Gasteiger partial charge >= 0.3 is 5.97 Å². The number of aliphatic hydroxyl groups is 1. The van der Waals surface area contributed by atoms with Gasteiger partial charge in [-0.3, -0.25) is 0 Å². The molecule has 1 aromatic carbocycles. The van der Waals surface area contributed by atoms with Crippen molar-refractivity contribution >= 4 is 11.5 Å². The van der Waals surface area contributed by atoms with E-state index in [0.717, 1.165) is 6.42 Å². The maximum absolute atomic E-state index is 12.1. The van der Waals surface area contributed by atoms with Gasteiger partial charge in [-0.2, -0.15) is 0 Å². The summed E-state index contributed by atoms with van der Waals surface area (Å²) in [5.74, 6) is -0.651. The zero-order valence-electron chi connectivity index (χ0n) is 16.0. The maximum atomic E-state index is 12.1. The summed E-state index contributed by atoms with van der Waals surface area (Å²) in [6.45, 7) is 9.15. The Hall–Kier alpha value is -1.69. The van der Waals surface area contributed by atoms with Crippen molar-refractivity contribution in [3.63, 3.8) is 0 Å². The highest BCUT2D eigenvalue weighted by molar-refractivity contribution is 6.15. The summed E-state index contributed by atoms with van der Waals surface area (Å²) in [6.07, 6.45) is 4.62. The average Bonchev–Trinajstić information content (AvgIpc) is 2.65. The fourth-order valence-corrected chi connectivity index (χ4v) is 2.42. The molecule has 0 spiro atoms. The number of carbonyl (C=O) groups is 1. The van der Waals surface area contributed by atoms with Crippen LogP contribution in [-0.4, -0.2) is 43.8 Å². The molecule has 1 unspecified atom stereocenters. The third-order valence-corrected chi connectivity index (χ3v) is 3.95. The van der Waals surface area contributed by atoms with E-state index in [0.29, 0.717) is 25.4 Å². The minimum absolute atomic E-state index is 0.0945. The van der Waals surface area contributed by atoms with Crippen molar-refractivity contribution in [2.75, 3.05) is 26.4 Å². The lowest BCUT2D eigenvalue weighted by atomic mass is 10.0. The van der Waals surface area contributed by atoms with Crippen LogP contribution < -0.4 is 0 Å². The van der Waals surface area contributed by atoms with Gasteiger partial charge in [-0.1, -0.05) is 57.0 Å². The lowest BCUT2D eigenvalue weighted by Crippen LogP contribution is -2.24. The lowest BCUT2D eigenvalue weighted by molar-refractivity contribution is -0.170. The molecule has 0 aliphatic rings. The van der Waals surface area contributed by atoms with Gasteiger partial charge in [-0.05, 0) is 30.9 Å². The Balaban J connectivity index is 2.36. The Morgan fingerprint density at radius 2 is 1.77 bits per heavy atom. The molecule has 0 bridgehead atoms. The first kappa shape index (κ1) is 22.4. The van der Waals surface area contributed by atoms with E-state index in [9.17, 15) is 9.90 Å². The van der Waals surface area contributed by atoms with E-state index in [4.69, 9.17) is 14.2 Å². The second kappa shape index (κ2) is 13.5. The van der Waals surface area contributed by atoms with Crippen LogP contribution in [0.15, 0.2) is 30.8 Å². The number of benzene rings is 1. The highest BCUT2D eigenvalue weighted by Gasteiger charge is 2.16. The summed E-state index contributed by atoms with van der Waals surface area (Å²) in [4.78, 5) is 12.1. The van der Waals surface area contributed by atoms with E-state index in [2.05, 4.69) is 13.5 Å². The van der Waals surface area contributed by atoms with Gasteiger partial charge in [0, 0.05) is 6.61 Å². The first-order valence-electron chi connectivity index (χ1n) is 9.41. The molecule has 26 heavy (non-hydrogen) atoms. The maximum Gasteiger partial charge on any atom is 0.340 e. The molecule has 0 aliphatic carbocycles. The molecule has 146 valence electrons. The number of unbranched alkanes of at least 4 members (excludes halogenated alkanes) is 3. The third kappa shape index (κ3) is 9.13. The molecule has 0 heterocycles. The van der Waals surface area contributed by atoms with Gasteiger partial charge in [0.05, 0.1) is 18.8 Å². The molecular formula is C21H32O5. The molecule has 5 heteroatoms. The number of aliphatic hydroxyl groups excluding tert-OH is 1. The van der Waals surface area contributed by atoms with Crippen LogP contribution in [0.25, 0.3) is 5.57 Å². The van der Waals surface area contributed by atoms with E-state index in [1.807, 2.05) is 31.2 Å². The van der Waals surface area contributed by atoms with Gasteiger partial charge in [-0.25, -0.2) is 4.79 Å². The van der Waals surface area contributed by atoms with Crippen molar-refractivity contribution in [3.8, 4) is 0 Å². The van der Waals surface area contributed by atoms with Crippen molar-refractivity contribution in [2.45, 2.75) is 52.2 Å². The van der Waals surface area contributed by atoms with Gasteiger partial charge in [0.25, 0.3) is 0 Å². The fourth-order valence-electron chi connectivity index (χ4n) is 2.42. The van der Waals surface area contributed by atoms with E-state index < -0.39 is 12.3 Å². The molecule has 0 aromatic heterocycles. The Labute approximate surface area is 157 Å². The highest BCUT2D eigenvalue weighted by Crippen LogP contribution is 2.17. The number of hydrogen-bond donors (Lipinski definition) is 1. The zero-order valence-corrected chi connectivity index (χ0v) is 16.0. The molecule has 0 saturated heterocycles. The molecule has 0 saturated carbocycles. The van der Waals surface area contributed by atoms with E-state index in [1.54, 1.807) is 0 Å². The summed E-state index contributed by atoms with van der Waals surface area (Å²) in [5, 5.41) is 9.71. The number of carbonyl (C=O) groups excluding carboxylic acids is 1. The quantitative estimate of drug-likeness (QED) is 0.236. The topological polar surface area (TPSA) is 65.0 Å². The van der Waals surface area contributed by atoms with Gasteiger partial charge in [-0.15, -0.1) is 0 Å². The van der Waals surface area contributed by atoms with Crippen molar-refractivity contribution in [1.29, 1.82) is 0 Å². The second-order valence-corrected chi connectivity index (χ2v) is 6.12. The molecule has 0 aliphatic heterocycles. The molecule has 1 rings (SSSR count). The minimum Gasteiger partial charge on any atom is -0.430 e. The van der Waals surface area contributed by atoms with Crippen LogP contribution >= 0.6 is 0 Å². The Morgan fingerprint density at radius 3 is 2.42 bits per heavy atom. The molecule has 1 aromatic rings. The van der Waals surface area contributed by atoms with Crippen LogP contribution in [0.5, 0.6) is 0 Å². The SMILES string of the molecule is C=C(C(=O)OC(O)COCCOCC)c1ccc(CCCCCC)cc1. The smallest absolute Gasteiger partial charge is 0.340 e. The largest absolute Gasteiger partial charge is 0.430 e. The van der Waals surface area contributed by atoms with Crippen LogP contribution in [0, 0.1) is 0 Å². The van der Waals surface area contributed by atoms with Gasteiger partial charge < -0.3 is 19.3 Å². The summed E-state index contributed by atoms with van der Waals surface area (Å²) in [5.41, 5.74) is 2.15. The van der Waals surface area contributed by atoms with Crippen molar-refractivity contribution in [3.05, 3.63) is 42.0 Å². The van der Waals surface area contributed by atoms with E-state index in [-0.39, 0.29) is 12.2 Å². The first-order chi connectivity index (χ1) is 12.6. The monoisotopic (exact) mass is 364 g/mol. The van der Waals surface area contributed by atoms with Crippen LogP contribution in [0.3, 0.4) is 0 Å². The van der Waals surface area contributed by atoms with Crippen molar-refractivity contribution < 1.29 is 24.1 Å². The van der Waals surface area contributed by atoms with Crippen LogP contribution in [-0.2, 0) is 25.4 Å². The summed E-state index contributed by atoms with van der Waals surface area (Å²) in [6, 6.07) is 7.74. The highest BCUT2D eigenvalue weighted by atomic mass is 16.7. The third-order valence-electron chi connectivity index (χ3n) is 3.95. The number of esters is 1. The van der Waals surface area contributed by atoms with Gasteiger partial charge in [0.1, 0.15) is 6.61 Å². The molecule has 0 fully saturated rings. The first-order valence-corrected chi connectivity index (χ1v) is 9.41. The number of aryl methyl sites for hydroxylation is 1. The molecular weight excluding hydrogens is 332 g/mol. The number of ether oxygens (including phenoxy) is 3. The number of hydrogen-bond acceptors (Lipinski definition) is 5. The summed E-state index contributed by atoms with van der Waals surface area (Å²) in [7, 11) is 0. The van der Waals surface area contributed by atoms with Crippen LogP contribution in [0.2, 0.25) is 0 Å². The van der Waals surface area contributed by atoms with Crippen LogP contribution in [0.1, 0.15) is 50.7 Å². The summed E-state index contributed by atoms with van der Waals surface area (Å²) < 4.78 is 15.2. The number of rotatable bonds is 14. The van der Waals surface area contributed by atoms with E-state index in [1.165, 1.54) is 31.2 Å². The molecule has 1 atom stereocenters. The fraction of sp³-hybridized carbons (Fsp3) is 0.571. The lowest BCUT2D eigenvalue weighted by Gasteiger charge is -2.14. The van der Waals surface area contributed by atoms with Crippen molar-refractivity contribution in [2.24, 2.45) is 0 Å². The molecule has 0 amide bonds. The standard InChI is InChI=1S/C21H32O5/c1-4-6-7-8-9-18-10-12-19(13-11-18)17(3)21(23)26-20(22)16-25-15-14-24-5-2/h10-13,20,22H,3-9,14-16H2,1-2H3. The Kier molecular flexibility index (Phi) is 11.6. The second-order valence-electron chi connectivity index (χ2n) is 6.12. The minimum atomic E-state index is -1.32. The summed E-state index contributed by atoms with van der Waals surface area (Å²) >= 11 is 0. The van der Waals surface area contributed by atoms with Crippen molar-refractivity contribution in [1.82, 2.24) is 0 Å². The average molecular weight is 364 g/mol. The Morgan fingerprint density at radius 1 is 1.08 bits per heavy atom.